The molecule has 6 heteroatoms. The Morgan fingerprint density at radius 2 is 2.14 bits per heavy atom. The second kappa shape index (κ2) is 5.93. The first-order valence-electron chi connectivity index (χ1n) is 7.56. The predicted octanol–water partition coefficient (Wildman–Crippen LogP) is 2.78. The van der Waals surface area contributed by atoms with Gasteiger partial charge < -0.3 is 9.88 Å². The summed E-state index contributed by atoms with van der Waals surface area (Å²) in [5.41, 5.74) is 3.50. The maximum absolute atomic E-state index is 4.57. The van der Waals surface area contributed by atoms with Crippen molar-refractivity contribution in [2.75, 3.05) is 0 Å². The number of aromatic nitrogens is 4. The molecule has 0 radical (unpaired) electrons. The molecule has 21 heavy (non-hydrogen) atoms. The largest absolute Gasteiger partial charge is 0.325 e. The van der Waals surface area contributed by atoms with E-state index < -0.39 is 0 Å². The number of halogens is 1. The molecule has 1 aliphatic carbocycles. The van der Waals surface area contributed by atoms with E-state index in [0.717, 1.165) is 35.6 Å². The molecule has 1 fully saturated rings. The summed E-state index contributed by atoms with van der Waals surface area (Å²) in [4.78, 5) is 4.48. The Kier molecular flexibility index (Phi) is 4.17. The van der Waals surface area contributed by atoms with Crippen LogP contribution in [0.15, 0.2) is 10.7 Å². The molecule has 0 spiro atoms. The third-order valence-electron chi connectivity index (χ3n) is 4.05. The van der Waals surface area contributed by atoms with Gasteiger partial charge in [-0.1, -0.05) is 0 Å². The smallest absolute Gasteiger partial charge is 0.106 e. The van der Waals surface area contributed by atoms with Gasteiger partial charge in [0.2, 0.25) is 0 Å². The van der Waals surface area contributed by atoms with Gasteiger partial charge in [0.25, 0.3) is 0 Å². The van der Waals surface area contributed by atoms with Crippen LogP contribution in [0.3, 0.4) is 0 Å². The summed E-state index contributed by atoms with van der Waals surface area (Å²) >= 11 is 3.68. The van der Waals surface area contributed by atoms with Crippen LogP contribution in [0, 0.1) is 13.8 Å². The summed E-state index contributed by atoms with van der Waals surface area (Å²) in [7, 11) is 0. The Morgan fingerprint density at radius 1 is 1.38 bits per heavy atom. The highest BCUT2D eigenvalue weighted by molar-refractivity contribution is 9.10. The second-order valence-electron chi connectivity index (χ2n) is 5.70. The highest BCUT2D eigenvalue weighted by atomic mass is 79.9. The van der Waals surface area contributed by atoms with E-state index in [4.69, 9.17) is 0 Å². The number of nitrogens with one attached hydrogen (secondary N) is 1. The van der Waals surface area contributed by atoms with E-state index in [1.54, 1.807) is 0 Å². The molecule has 1 saturated carbocycles. The van der Waals surface area contributed by atoms with E-state index in [1.807, 2.05) is 13.1 Å². The Labute approximate surface area is 133 Å². The van der Waals surface area contributed by atoms with Crippen LogP contribution in [0.1, 0.15) is 42.7 Å². The molecule has 1 aliphatic rings. The molecule has 1 N–H and O–H groups in total. The molecule has 2 aromatic heterocycles. The molecule has 2 aromatic rings. The fourth-order valence-corrected chi connectivity index (χ4v) is 2.99. The molecule has 3 rings (SSSR count). The molecule has 5 nitrogen and oxygen atoms in total. The zero-order valence-electron chi connectivity index (χ0n) is 12.9. The Hall–Kier alpha value is -1.14. The van der Waals surface area contributed by atoms with E-state index in [-0.39, 0.29) is 0 Å². The van der Waals surface area contributed by atoms with E-state index in [1.165, 1.54) is 24.2 Å². The van der Waals surface area contributed by atoms with Crippen molar-refractivity contribution in [3.63, 3.8) is 0 Å². The molecule has 0 aromatic carbocycles. The lowest BCUT2D eigenvalue weighted by molar-refractivity contribution is 0.571. The van der Waals surface area contributed by atoms with Gasteiger partial charge in [-0.2, -0.15) is 5.10 Å². The third-order valence-corrected chi connectivity index (χ3v) is 5.08. The summed E-state index contributed by atoms with van der Waals surface area (Å²) in [6.45, 7) is 8.80. The van der Waals surface area contributed by atoms with E-state index in [9.17, 15) is 0 Å². The van der Waals surface area contributed by atoms with E-state index in [0.29, 0.717) is 6.04 Å². The van der Waals surface area contributed by atoms with Gasteiger partial charge in [0, 0.05) is 25.3 Å². The summed E-state index contributed by atoms with van der Waals surface area (Å²) in [5, 5.41) is 8.14. The summed E-state index contributed by atoms with van der Waals surface area (Å²) in [5.74, 6) is 1.05. The average Bonchev–Trinajstić information content (AvgIpc) is 3.19. The van der Waals surface area contributed by atoms with E-state index in [2.05, 4.69) is 54.4 Å². The van der Waals surface area contributed by atoms with Crippen LogP contribution in [-0.2, 0) is 19.6 Å². The van der Waals surface area contributed by atoms with Gasteiger partial charge in [-0.15, -0.1) is 0 Å². The number of imidazole rings is 1. The van der Waals surface area contributed by atoms with Crippen molar-refractivity contribution in [1.82, 2.24) is 24.6 Å². The maximum Gasteiger partial charge on any atom is 0.106 e. The minimum Gasteiger partial charge on any atom is -0.325 e. The third kappa shape index (κ3) is 3.06. The molecular weight excluding hydrogens is 330 g/mol. The average molecular weight is 352 g/mol. The van der Waals surface area contributed by atoms with Crippen LogP contribution in [0.4, 0.5) is 0 Å². The maximum atomic E-state index is 4.57. The van der Waals surface area contributed by atoms with Crippen molar-refractivity contribution < 1.29 is 0 Å². The predicted molar refractivity (Wildman–Crippen MR) is 86.3 cm³/mol. The summed E-state index contributed by atoms with van der Waals surface area (Å²) in [6.07, 6.45) is 4.60. The molecule has 0 saturated heterocycles. The van der Waals surface area contributed by atoms with Crippen molar-refractivity contribution >= 4 is 15.9 Å². The number of nitrogens with zero attached hydrogens (tertiary/aromatic N) is 4. The molecule has 0 amide bonds. The van der Waals surface area contributed by atoms with Crippen molar-refractivity contribution in [3.05, 3.63) is 33.6 Å². The van der Waals surface area contributed by atoms with Crippen LogP contribution < -0.4 is 5.32 Å². The van der Waals surface area contributed by atoms with Gasteiger partial charge in [0.15, 0.2) is 0 Å². The monoisotopic (exact) mass is 351 g/mol. The van der Waals surface area contributed by atoms with Crippen LogP contribution in [0.5, 0.6) is 0 Å². The summed E-state index contributed by atoms with van der Waals surface area (Å²) < 4.78 is 5.46. The zero-order valence-corrected chi connectivity index (χ0v) is 14.4. The quantitative estimate of drug-likeness (QED) is 0.870. The Morgan fingerprint density at radius 3 is 2.81 bits per heavy atom. The van der Waals surface area contributed by atoms with Crippen LogP contribution in [-0.4, -0.2) is 25.4 Å². The number of hydrogen-bond donors (Lipinski definition) is 1. The second-order valence-corrected chi connectivity index (χ2v) is 6.49. The first-order valence-corrected chi connectivity index (χ1v) is 8.35. The van der Waals surface area contributed by atoms with Gasteiger partial charge in [-0.3, -0.25) is 4.68 Å². The lowest BCUT2D eigenvalue weighted by atomic mass is 10.3. The van der Waals surface area contributed by atoms with E-state index >= 15 is 0 Å². The van der Waals surface area contributed by atoms with Crippen LogP contribution in [0.25, 0.3) is 0 Å². The fraction of sp³-hybridized carbons (Fsp3) is 0.600. The topological polar surface area (TPSA) is 47.7 Å². The number of hydrogen-bond acceptors (Lipinski definition) is 3. The van der Waals surface area contributed by atoms with Crippen LogP contribution in [0.2, 0.25) is 0 Å². The van der Waals surface area contributed by atoms with Crippen molar-refractivity contribution in [3.8, 4) is 0 Å². The zero-order chi connectivity index (χ0) is 15.0. The lowest BCUT2D eigenvalue weighted by Crippen LogP contribution is -2.19. The van der Waals surface area contributed by atoms with Gasteiger partial charge in [0.05, 0.1) is 28.1 Å². The highest BCUT2D eigenvalue weighted by Crippen LogP contribution is 2.24. The molecule has 0 bridgehead atoms. The minimum absolute atomic E-state index is 0.712. The van der Waals surface area contributed by atoms with Gasteiger partial charge in [0.1, 0.15) is 5.82 Å². The minimum atomic E-state index is 0.712. The SMILES string of the molecule is CCn1nc(C)c(Br)c1Cn1c(CNC2CC2)cnc1C. The molecule has 2 heterocycles. The first-order chi connectivity index (χ1) is 10.1. The number of aryl methyl sites for hydroxylation is 3. The molecule has 0 unspecified atom stereocenters. The first kappa shape index (κ1) is 14.8. The lowest BCUT2D eigenvalue weighted by Gasteiger charge is -2.12. The molecular formula is C15H22BrN5. The fourth-order valence-electron chi connectivity index (χ4n) is 2.58. The van der Waals surface area contributed by atoms with Crippen LogP contribution >= 0.6 is 15.9 Å². The van der Waals surface area contributed by atoms with Crippen molar-refractivity contribution in [1.29, 1.82) is 0 Å². The van der Waals surface area contributed by atoms with Crippen molar-refractivity contribution in [2.24, 2.45) is 0 Å². The molecule has 0 atom stereocenters. The molecule has 114 valence electrons. The molecule has 0 aliphatic heterocycles. The van der Waals surface area contributed by atoms with Gasteiger partial charge in [-0.25, -0.2) is 4.98 Å². The normalized spacial score (nSPS) is 14.9. The standard InChI is InChI=1S/C15H22BrN5/c1-4-21-14(15(16)10(2)19-21)9-20-11(3)17-7-13(20)8-18-12-5-6-12/h7,12,18H,4-6,8-9H2,1-3H3. The highest BCUT2D eigenvalue weighted by Gasteiger charge is 2.21. The van der Waals surface area contributed by atoms with Gasteiger partial charge >= 0.3 is 0 Å². The van der Waals surface area contributed by atoms with Gasteiger partial charge in [-0.05, 0) is 49.5 Å². The number of rotatable bonds is 6. The summed E-state index contributed by atoms with van der Waals surface area (Å²) in [6, 6.07) is 0.712. The Balaban J connectivity index is 1.85. The van der Waals surface area contributed by atoms with Crippen molar-refractivity contribution in [2.45, 2.75) is 59.3 Å². The Bertz CT molecular complexity index is 639.